The quantitative estimate of drug-likeness (QED) is 0.216. The van der Waals surface area contributed by atoms with Crippen LogP contribution in [0, 0.1) is 12.8 Å². The van der Waals surface area contributed by atoms with Crippen LogP contribution in [0.15, 0.2) is 71.6 Å². The highest BCUT2D eigenvalue weighted by molar-refractivity contribution is 7.92. The van der Waals surface area contributed by atoms with Crippen molar-refractivity contribution in [3.05, 3.63) is 87.9 Å². The molecule has 43 heavy (non-hydrogen) atoms. The van der Waals surface area contributed by atoms with E-state index >= 15 is 0 Å². The Morgan fingerprint density at radius 1 is 0.930 bits per heavy atom. The number of amides is 2. The first-order chi connectivity index (χ1) is 20.4. The van der Waals surface area contributed by atoms with Gasteiger partial charge in [-0.1, -0.05) is 67.7 Å². The zero-order chi connectivity index (χ0) is 31.7. The largest absolute Gasteiger partial charge is 0.494 e. The van der Waals surface area contributed by atoms with Gasteiger partial charge in [-0.05, 0) is 80.3 Å². The van der Waals surface area contributed by atoms with Crippen LogP contribution in [0.4, 0.5) is 5.69 Å². The van der Waals surface area contributed by atoms with Gasteiger partial charge in [0.15, 0.2) is 0 Å². The number of hydrogen-bond acceptors (Lipinski definition) is 5. The van der Waals surface area contributed by atoms with Crippen LogP contribution in [0.5, 0.6) is 5.75 Å². The number of carbonyl (C=O) groups is 2. The molecule has 0 aliphatic carbocycles. The monoisotopic (exact) mass is 647 g/mol. The molecule has 0 bridgehead atoms. The Kier molecular flexibility index (Phi) is 12.3. The summed E-state index contributed by atoms with van der Waals surface area (Å²) in [4.78, 5) is 28.9. The van der Waals surface area contributed by atoms with E-state index < -0.39 is 28.5 Å². The molecule has 0 radical (unpaired) electrons. The normalized spacial score (nSPS) is 12.1. The van der Waals surface area contributed by atoms with Crippen molar-refractivity contribution in [2.45, 2.75) is 58.5 Å². The van der Waals surface area contributed by atoms with Crippen LogP contribution < -0.4 is 14.4 Å². The van der Waals surface area contributed by atoms with Gasteiger partial charge in [0.05, 0.1) is 27.2 Å². The van der Waals surface area contributed by atoms with E-state index in [2.05, 4.69) is 5.32 Å². The van der Waals surface area contributed by atoms with Crippen molar-refractivity contribution in [2.24, 2.45) is 5.92 Å². The molecule has 0 fully saturated rings. The first-order valence-electron chi connectivity index (χ1n) is 14.2. The zero-order valence-electron chi connectivity index (χ0n) is 25.1. The van der Waals surface area contributed by atoms with Crippen molar-refractivity contribution >= 4 is 50.7 Å². The van der Waals surface area contributed by atoms with Gasteiger partial charge in [-0.3, -0.25) is 13.9 Å². The van der Waals surface area contributed by atoms with E-state index in [1.54, 1.807) is 54.6 Å². The average molecular weight is 649 g/mol. The van der Waals surface area contributed by atoms with Crippen molar-refractivity contribution in [1.29, 1.82) is 0 Å². The molecule has 0 unspecified atom stereocenters. The van der Waals surface area contributed by atoms with Crippen molar-refractivity contribution < 1.29 is 22.7 Å². The summed E-state index contributed by atoms with van der Waals surface area (Å²) < 4.78 is 34.6. The molecule has 0 heterocycles. The molecule has 0 saturated heterocycles. The van der Waals surface area contributed by atoms with Crippen molar-refractivity contribution in [2.75, 3.05) is 24.0 Å². The lowest BCUT2D eigenvalue weighted by Crippen LogP contribution is -2.52. The summed E-state index contributed by atoms with van der Waals surface area (Å²) in [5.74, 6) is -0.129. The molecule has 3 aromatic rings. The minimum Gasteiger partial charge on any atom is -0.494 e. The number of nitrogens with one attached hydrogen (secondary N) is 1. The number of halogens is 2. The Morgan fingerprint density at radius 3 is 2.14 bits per heavy atom. The van der Waals surface area contributed by atoms with E-state index in [1.807, 2.05) is 34.6 Å². The lowest BCUT2D eigenvalue weighted by molar-refractivity contribution is -0.140. The van der Waals surface area contributed by atoms with E-state index in [0.717, 1.165) is 9.87 Å². The Labute approximate surface area is 265 Å². The Balaban J connectivity index is 2.05. The summed E-state index contributed by atoms with van der Waals surface area (Å²) in [6.45, 7) is 9.86. The molecule has 3 aromatic carbocycles. The minimum atomic E-state index is -4.20. The molecule has 0 aliphatic heterocycles. The minimum absolute atomic E-state index is 0.00193. The highest BCUT2D eigenvalue weighted by Crippen LogP contribution is 2.28. The molecule has 0 saturated carbocycles. The second-order valence-corrected chi connectivity index (χ2v) is 13.3. The topological polar surface area (TPSA) is 96.0 Å². The van der Waals surface area contributed by atoms with Gasteiger partial charge in [0.25, 0.3) is 10.0 Å². The standard InChI is InChI=1S/C32H39Cl2N3O5S/c1-6-30(32(39)35-19-22(3)4)36(20-24-10-17-28(33)29(34)18-24)31(38)21-37(25-11-8-23(5)9-12-25)43(40,41)27-15-13-26(14-16-27)42-7-2/h8-18,22,30H,6-7,19-21H2,1-5H3,(H,35,39)/t30-/m0/s1. The van der Waals surface area contributed by atoms with Crippen LogP contribution >= 0.6 is 23.2 Å². The third-order valence-electron chi connectivity index (χ3n) is 6.73. The molecule has 1 N–H and O–H groups in total. The highest BCUT2D eigenvalue weighted by Gasteiger charge is 2.33. The molecule has 0 aromatic heterocycles. The molecule has 8 nitrogen and oxygen atoms in total. The number of hydrogen-bond donors (Lipinski definition) is 1. The number of benzene rings is 3. The number of ether oxygens (including phenoxy) is 1. The molecule has 232 valence electrons. The third-order valence-corrected chi connectivity index (χ3v) is 9.26. The van der Waals surface area contributed by atoms with E-state index in [9.17, 15) is 18.0 Å². The molecular weight excluding hydrogens is 609 g/mol. The van der Waals surface area contributed by atoms with Gasteiger partial charge in [0, 0.05) is 13.1 Å². The number of aryl methyl sites for hydroxylation is 1. The molecule has 0 spiro atoms. The summed E-state index contributed by atoms with van der Waals surface area (Å²) in [5, 5.41) is 3.58. The van der Waals surface area contributed by atoms with Crippen molar-refractivity contribution in [3.63, 3.8) is 0 Å². The number of rotatable bonds is 14. The second-order valence-electron chi connectivity index (χ2n) is 10.6. The Morgan fingerprint density at radius 2 is 1.58 bits per heavy atom. The molecule has 11 heteroatoms. The zero-order valence-corrected chi connectivity index (χ0v) is 27.5. The summed E-state index contributed by atoms with van der Waals surface area (Å²) in [7, 11) is -4.20. The van der Waals surface area contributed by atoms with Crippen LogP contribution in [0.25, 0.3) is 0 Å². The third kappa shape index (κ3) is 9.11. The maximum atomic E-state index is 14.2. The summed E-state index contributed by atoms with van der Waals surface area (Å²) in [6.07, 6.45) is 0.313. The fraction of sp³-hybridized carbons (Fsp3) is 0.375. The predicted molar refractivity (Wildman–Crippen MR) is 172 cm³/mol. The smallest absolute Gasteiger partial charge is 0.264 e. The molecule has 0 aliphatic rings. The molecule has 3 rings (SSSR count). The average Bonchev–Trinajstić information content (AvgIpc) is 2.97. The lowest BCUT2D eigenvalue weighted by atomic mass is 10.1. The number of carbonyl (C=O) groups excluding carboxylic acids is 2. The van der Waals surface area contributed by atoms with E-state index in [0.29, 0.717) is 46.6 Å². The number of anilines is 1. The van der Waals surface area contributed by atoms with Crippen LogP contribution in [-0.2, 0) is 26.2 Å². The first-order valence-corrected chi connectivity index (χ1v) is 16.4. The second kappa shape index (κ2) is 15.5. The fourth-order valence-corrected chi connectivity index (χ4v) is 6.15. The van der Waals surface area contributed by atoms with Crippen LogP contribution in [0.2, 0.25) is 10.0 Å². The Bertz CT molecular complexity index is 1500. The lowest BCUT2D eigenvalue weighted by Gasteiger charge is -2.33. The fourth-order valence-electron chi connectivity index (χ4n) is 4.42. The van der Waals surface area contributed by atoms with Gasteiger partial charge in [-0.2, -0.15) is 0 Å². The molecule has 2 amide bonds. The van der Waals surface area contributed by atoms with Crippen LogP contribution in [0.1, 0.15) is 45.2 Å². The highest BCUT2D eigenvalue weighted by atomic mass is 35.5. The van der Waals surface area contributed by atoms with Gasteiger partial charge in [-0.25, -0.2) is 8.42 Å². The maximum absolute atomic E-state index is 14.2. The number of nitrogens with zero attached hydrogens (tertiary/aromatic N) is 2. The van der Waals surface area contributed by atoms with Gasteiger partial charge in [-0.15, -0.1) is 0 Å². The summed E-state index contributed by atoms with van der Waals surface area (Å²) >= 11 is 12.4. The number of sulfonamides is 1. The SMILES string of the molecule is CCOc1ccc(S(=O)(=O)N(CC(=O)N(Cc2ccc(Cl)c(Cl)c2)[C@@H](CC)C(=O)NCC(C)C)c2ccc(C)cc2)cc1. The Hall–Kier alpha value is -3.27. The van der Waals surface area contributed by atoms with Crippen molar-refractivity contribution in [3.8, 4) is 5.75 Å². The maximum Gasteiger partial charge on any atom is 0.264 e. The van der Waals surface area contributed by atoms with Gasteiger partial charge in [0.1, 0.15) is 18.3 Å². The predicted octanol–water partition coefficient (Wildman–Crippen LogP) is 6.48. The van der Waals surface area contributed by atoms with Crippen LogP contribution in [-0.4, -0.2) is 50.9 Å². The van der Waals surface area contributed by atoms with Gasteiger partial charge < -0.3 is 15.0 Å². The molecule has 1 atom stereocenters. The first kappa shape index (κ1) is 34.2. The van der Waals surface area contributed by atoms with Gasteiger partial charge in [0.2, 0.25) is 11.8 Å². The van der Waals surface area contributed by atoms with E-state index in [4.69, 9.17) is 27.9 Å². The van der Waals surface area contributed by atoms with Crippen molar-refractivity contribution in [1.82, 2.24) is 10.2 Å². The van der Waals surface area contributed by atoms with E-state index in [1.165, 1.54) is 17.0 Å². The summed E-state index contributed by atoms with van der Waals surface area (Å²) in [5.41, 5.74) is 1.90. The van der Waals surface area contributed by atoms with Crippen LogP contribution in [0.3, 0.4) is 0 Å². The molecular formula is C32H39Cl2N3O5S. The summed E-state index contributed by atoms with van der Waals surface area (Å²) in [6, 6.07) is 17.1. The van der Waals surface area contributed by atoms with Gasteiger partial charge >= 0.3 is 0 Å². The van der Waals surface area contributed by atoms with E-state index in [-0.39, 0.29) is 23.3 Å².